The van der Waals surface area contributed by atoms with E-state index < -0.39 is 16.1 Å². The van der Waals surface area contributed by atoms with Crippen LogP contribution in [0.25, 0.3) is 0 Å². The molecule has 1 fully saturated rings. The zero-order chi connectivity index (χ0) is 20.1. The highest BCUT2D eigenvalue weighted by atomic mass is 32.2. The van der Waals surface area contributed by atoms with Gasteiger partial charge in [-0.05, 0) is 37.7 Å². The first-order valence-electron chi connectivity index (χ1n) is 9.02. The van der Waals surface area contributed by atoms with Crippen molar-refractivity contribution in [3.8, 4) is 5.88 Å². The van der Waals surface area contributed by atoms with Crippen LogP contribution >= 0.6 is 0 Å². The number of nitrogens with one attached hydrogen (secondary N) is 2. The maximum absolute atomic E-state index is 11.8. The van der Waals surface area contributed by atoms with Gasteiger partial charge in [0.15, 0.2) is 0 Å². The normalized spacial score (nSPS) is 20.0. The maximum atomic E-state index is 11.8. The van der Waals surface area contributed by atoms with Crippen molar-refractivity contribution in [1.29, 1.82) is 0 Å². The van der Waals surface area contributed by atoms with E-state index in [0.29, 0.717) is 37.0 Å². The third-order valence-electron chi connectivity index (χ3n) is 4.42. The van der Waals surface area contributed by atoms with Gasteiger partial charge < -0.3 is 19.9 Å². The number of hydrogen-bond acceptors (Lipinski definition) is 8. The Hall–Kier alpha value is -2.27. The summed E-state index contributed by atoms with van der Waals surface area (Å²) in [5.74, 6) is 0.735. The van der Waals surface area contributed by atoms with Crippen molar-refractivity contribution in [2.75, 3.05) is 25.6 Å². The summed E-state index contributed by atoms with van der Waals surface area (Å²) in [7, 11) is -2.13. The third-order valence-corrected chi connectivity index (χ3v) is 5.85. The van der Waals surface area contributed by atoms with Crippen LogP contribution in [0.15, 0.2) is 35.4 Å². The van der Waals surface area contributed by atoms with E-state index in [0.717, 1.165) is 5.56 Å². The number of ether oxygens (including phenoxy) is 2. The monoisotopic (exact) mass is 408 g/mol. The highest BCUT2D eigenvalue weighted by molar-refractivity contribution is 7.89. The minimum absolute atomic E-state index is 0.167. The summed E-state index contributed by atoms with van der Waals surface area (Å²) < 4.78 is 37.0. The fourth-order valence-electron chi connectivity index (χ4n) is 2.74. The molecule has 2 heterocycles. The molecule has 9 nitrogen and oxygen atoms in total. The average Bonchev–Trinajstić information content (AvgIpc) is 2.70. The van der Waals surface area contributed by atoms with Gasteiger partial charge in [0.25, 0.3) is 0 Å². The molecule has 152 valence electrons. The molecule has 0 radical (unpaired) electrons. The molecule has 0 spiro atoms. The molecule has 0 saturated carbocycles. The molecule has 2 atom stereocenters. The number of aryl methyl sites for hydroxylation is 1. The summed E-state index contributed by atoms with van der Waals surface area (Å²) in [6.45, 7) is 2.74. The molecular weight excluding hydrogens is 384 g/mol. The predicted molar refractivity (Wildman–Crippen MR) is 103 cm³/mol. The number of rotatable bonds is 7. The molecular formula is C18H24N4O5S. The highest BCUT2D eigenvalue weighted by Crippen LogP contribution is 2.24. The van der Waals surface area contributed by atoms with E-state index in [9.17, 15) is 13.5 Å². The second kappa shape index (κ2) is 8.82. The van der Waals surface area contributed by atoms with Crippen LogP contribution in [-0.2, 0) is 21.2 Å². The lowest BCUT2D eigenvalue weighted by molar-refractivity contribution is -0.0765. The van der Waals surface area contributed by atoms with E-state index in [1.165, 1.54) is 19.2 Å². The average molecular weight is 408 g/mol. The van der Waals surface area contributed by atoms with E-state index in [1.807, 2.05) is 6.92 Å². The van der Waals surface area contributed by atoms with Crippen LogP contribution < -0.4 is 14.8 Å². The molecule has 28 heavy (non-hydrogen) atoms. The van der Waals surface area contributed by atoms with Gasteiger partial charge in [-0.25, -0.2) is 18.1 Å². The molecule has 1 aromatic heterocycles. The van der Waals surface area contributed by atoms with Gasteiger partial charge in [-0.15, -0.1) is 0 Å². The Bertz CT molecular complexity index is 905. The van der Waals surface area contributed by atoms with Crippen LogP contribution in [-0.4, -0.2) is 56.0 Å². The van der Waals surface area contributed by atoms with E-state index in [1.54, 1.807) is 18.3 Å². The minimum atomic E-state index is -3.49. The molecule has 0 aliphatic carbocycles. The van der Waals surface area contributed by atoms with Gasteiger partial charge in [-0.3, -0.25) is 0 Å². The van der Waals surface area contributed by atoms with Gasteiger partial charge >= 0.3 is 0 Å². The molecule has 1 aliphatic heterocycles. The molecule has 10 heteroatoms. The smallest absolute Gasteiger partial charge is 0.240 e. The fraction of sp³-hybridized carbons (Fsp3) is 0.444. The number of aromatic nitrogens is 2. The van der Waals surface area contributed by atoms with Crippen molar-refractivity contribution in [2.45, 2.75) is 36.9 Å². The van der Waals surface area contributed by atoms with Gasteiger partial charge in [0.1, 0.15) is 12.2 Å². The Morgan fingerprint density at radius 1 is 1.32 bits per heavy atom. The van der Waals surface area contributed by atoms with E-state index >= 15 is 0 Å². The van der Waals surface area contributed by atoms with Gasteiger partial charge in [0.05, 0.1) is 18.1 Å². The first-order valence-corrected chi connectivity index (χ1v) is 10.5. The van der Waals surface area contributed by atoms with Crippen molar-refractivity contribution in [2.24, 2.45) is 0 Å². The van der Waals surface area contributed by atoms with Crippen molar-refractivity contribution < 1.29 is 23.0 Å². The fourth-order valence-corrected chi connectivity index (χ4v) is 3.47. The summed E-state index contributed by atoms with van der Waals surface area (Å²) in [4.78, 5) is 8.88. The number of sulfonamides is 1. The number of hydrogen-bond donors (Lipinski definition) is 3. The predicted octanol–water partition coefficient (Wildman–Crippen LogP) is 1.22. The topological polar surface area (TPSA) is 123 Å². The van der Waals surface area contributed by atoms with Crippen molar-refractivity contribution in [3.05, 3.63) is 36.0 Å². The van der Waals surface area contributed by atoms with Gasteiger partial charge in [0.2, 0.25) is 21.9 Å². The quantitative estimate of drug-likeness (QED) is 0.625. The van der Waals surface area contributed by atoms with E-state index in [4.69, 9.17) is 9.47 Å². The number of aliphatic hydroxyl groups excluding tert-OH is 1. The van der Waals surface area contributed by atoms with Crippen LogP contribution in [0, 0.1) is 0 Å². The lowest BCUT2D eigenvalue weighted by atomic mass is 10.1. The number of nitrogens with zero attached hydrogens (tertiary/aromatic N) is 2. The number of anilines is 2. The van der Waals surface area contributed by atoms with Crippen LogP contribution in [0.3, 0.4) is 0 Å². The zero-order valence-corrected chi connectivity index (χ0v) is 16.6. The molecule has 3 rings (SSSR count). The van der Waals surface area contributed by atoms with Crippen molar-refractivity contribution in [3.63, 3.8) is 0 Å². The molecule has 1 aliphatic rings. The van der Waals surface area contributed by atoms with Crippen LogP contribution in [0.2, 0.25) is 0 Å². The lowest BCUT2D eigenvalue weighted by Gasteiger charge is -2.28. The van der Waals surface area contributed by atoms with Gasteiger partial charge in [-0.1, -0.05) is 6.92 Å². The highest BCUT2D eigenvalue weighted by Gasteiger charge is 2.26. The second-order valence-electron chi connectivity index (χ2n) is 6.32. The Balaban J connectivity index is 1.77. The molecule has 2 unspecified atom stereocenters. The summed E-state index contributed by atoms with van der Waals surface area (Å²) in [5.41, 5.74) is 1.47. The third kappa shape index (κ3) is 4.76. The summed E-state index contributed by atoms with van der Waals surface area (Å²) >= 11 is 0. The Morgan fingerprint density at radius 2 is 2.07 bits per heavy atom. The van der Waals surface area contributed by atoms with E-state index in [-0.39, 0.29) is 17.6 Å². The Labute approximate surface area is 164 Å². The maximum Gasteiger partial charge on any atom is 0.240 e. The first kappa shape index (κ1) is 20.5. The molecule has 2 aromatic rings. The van der Waals surface area contributed by atoms with Crippen molar-refractivity contribution >= 4 is 21.7 Å². The van der Waals surface area contributed by atoms with Crippen molar-refractivity contribution in [1.82, 2.24) is 14.7 Å². The van der Waals surface area contributed by atoms with Crippen LogP contribution in [0.1, 0.15) is 18.9 Å². The summed E-state index contributed by atoms with van der Waals surface area (Å²) in [6.07, 6.45) is 1.86. The number of benzene rings is 1. The standard InChI is InChI=1S/C18H24N4O5S/c1-3-12-10-20-18(22-17(12)27-16-8-9-26-11-15(16)23)21-13-4-6-14(7-5-13)28(24,25)19-2/h4-7,10,15-16,19,23H,3,8-9,11H2,1-2H3,(H,20,21,22). The summed E-state index contributed by atoms with van der Waals surface area (Å²) in [5, 5.41) is 13.1. The van der Waals surface area contributed by atoms with Crippen LogP contribution in [0.4, 0.5) is 11.6 Å². The lowest BCUT2D eigenvalue weighted by Crippen LogP contribution is -2.40. The Kier molecular flexibility index (Phi) is 6.45. The number of aliphatic hydroxyl groups is 1. The largest absolute Gasteiger partial charge is 0.471 e. The molecule has 3 N–H and O–H groups in total. The second-order valence-corrected chi connectivity index (χ2v) is 8.21. The SMILES string of the molecule is CCc1cnc(Nc2ccc(S(=O)(=O)NC)cc2)nc1OC1CCOCC1O. The molecule has 0 bridgehead atoms. The summed E-state index contributed by atoms with van der Waals surface area (Å²) in [6, 6.07) is 6.24. The Morgan fingerprint density at radius 3 is 2.71 bits per heavy atom. The molecule has 1 saturated heterocycles. The van der Waals surface area contributed by atoms with Crippen LogP contribution in [0.5, 0.6) is 5.88 Å². The first-order chi connectivity index (χ1) is 13.4. The van der Waals surface area contributed by atoms with Gasteiger partial charge in [0, 0.05) is 23.9 Å². The van der Waals surface area contributed by atoms with E-state index in [2.05, 4.69) is 20.0 Å². The molecule has 1 aromatic carbocycles. The zero-order valence-electron chi connectivity index (χ0n) is 15.8. The minimum Gasteiger partial charge on any atom is -0.471 e. The molecule has 0 amide bonds. The van der Waals surface area contributed by atoms with Gasteiger partial charge in [-0.2, -0.15) is 4.98 Å².